The van der Waals surface area contributed by atoms with Crippen LogP contribution in [-0.2, 0) is 4.79 Å². The minimum Gasteiger partial charge on any atom is -0.483 e. The fourth-order valence-corrected chi connectivity index (χ4v) is 3.12. The van der Waals surface area contributed by atoms with Gasteiger partial charge in [0.25, 0.3) is 5.91 Å². The average Bonchev–Trinajstić information content (AvgIpc) is 2.93. The highest BCUT2D eigenvalue weighted by Crippen LogP contribution is 2.29. The van der Waals surface area contributed by atoms with Crippen LogP contribution in [0.25, 0.3) is 0 Å². The predicted molar refractivity (Wildman–Crippen MR) is 89.0 cm³/mol. The van der Waals surface area contributed by atoms with E-state index in [1.165, 1.54) is 5.56 Å². The van der Waals surface area contributed by atoms with Crippen LogP contribution in [0.3, 0.4) is 0 Å². The Hall–Kier alpha value is -1.55. The third-order valence-corrected chi connectivity index (χ3v) is 4.73. The number of para-hydroxylation sites is 1. The molecular formula is C18H28N2O2. The summed E-state index contributed by atoms with van der Waals surface area (Å²) in [5.41, 5.74) is 6.90. The number of nitrogens with zero attached hydrogens (tertiary/aromatic N) is 1. The van der Waals surface area contributed by atoms with Crippen LogP contribution in [0.15, 0.2) is 24.3 Å². The molecule has 0 bridgehead atoms. The van der Waals surface area contributed by atoms with E-state index < -0.39 is 0 Å². The second kappa shape index (κ2) is 7.63. The van der Waals surface area contributed by atoms with E-state index >= 15 is 0 Å². The molecule has 2 N–H and O–H groups in total. The zero-order chi connectivity index (χ0) is 16.1. The Balaban J connectivity index is 1.97. The Morgan fingerprint density at radius 2 is 2.18 bits per heavy atom. The van der Waals surface area contributed by atoms with Crippen LogP contribution < -0.4 is 10.5 Å². The van der Waals surface area contributed by atoms with Gasteiger partial charge in [0.15, 0.2) is 6.61 Å². The van der Waals surface area contributed by atoms with E-state index in [9.17, 15) is 4.79 Å². The van der Waals surface area contributed by atoms with Crippen molar-refractivity contribution in [2.24, 2.45) is 11.7 Å². The van der Waals surface area contributed by atoms with E-state index in [2.05, 4.69) is 26.8 Å². The lowest BCUT2D eigenvalue weighted by molar-refractivity contribution is -0.134. The van der Waals surface area contributed by atoms with Gasteiger partial charge in [0.2, 0.25) is 0 Å². The van der Waals surface area contributed by atoms with Gasteiger partial charge in [0.1, 0.15) is 5.75 Å². The number of nitrogens with two attached hydrogens (primary N) is 1. The summed E-state index contributed by atoms with van der Waals surface area (Å²) in [5, 5.41) is 0. The topological polar surface area (TPSA) is 55.6 Å². The highest BCUT2D eigenvalue weighted by molar-refractivity contribution is 5.78. The van der Waals surface area contributed by atoms with Crippen LogP contribution in [0, 0.1) is 5.92 Å². The van der Waals surface area contributed by atoms with E-state index in [-0.39, 0.29) is 18.6 Å². The molecule has 4 heteroatoms. The zero-order valence-electron chi connectivity index (χ0n) is 13.9. The van der Waals surface area contributed by atoms with Crippen molar-refractivity contribution in [2.75, 3.05) is 19.7 Å². The van der Waals surface area contributed by atoms with Gasteiger partial charge >= 0.3 is 0 Å². The first kappa shape index (κ1) is 16.8. The molecule has 1 aromatic carbocycles. The van der Waals surface area contributed by atoms with E-state index in [0.717, 1.165) is 25.1 Å². The molecule has 0 spiro atoms. The average molecular weight is 304 g/mol. The number of likely N-dealkylation sites (tertiary alicyclic amines) is 1. The second-order valence-electron chi connectivity index (χ2n) is 6.37. The van der Waals surface area contributed by atoms with Crippen molar-refractivity contribution in [1.82, 2.24) is 4.90 Å². The molecule has 1 saturated heterocycles. The number of rotatable bonds is 6. The summed E-state index contributed by atoms with van der Waals surface area (Å²) < 4.78 is 5.83. The van der Waals surface area contributed by atoms with Crippen molar-refractivity contribution in [3.05, 3.63) is 29.8 Å². The molecule has 0 radical (unpaired) electrons. The lowest BCUT2D eigenvalue weighted by Gasteiger charge is -2.22. The second-order valence-corrected chi connectivity index (χ2v) is 6.37. The normalized spacial score (nSPS) is 22.6. The Bertz CT molecular complexity index is 504. The molecule has 0 saturated carbocycles. The lowest BCUT2D eigenvalue weighted by Crippen LogP contribution is -2.37. The summed E-state index contributed by atoms with van der Waals surface area (Å²) in [6.07, 6.45) is 2.04. The summed E-state index contributed by atoms with van der Waals surface area (Å²) in [4.78, 5) is 14.3. The summed E-state index contributed by atoms with van der Waals surface area (Å²) in [6.45, 7) is 7.93. The molecule has 3 atom stereocenters. The van der Waals surface area contributed by atoms with Crippen molar-refractivity contribution in [3.8, 4) is 5.75 Å². The maximum atomic E-state index is 12.4. The molecule has 4 nitrogen and oxygen atoms in total. The number of ether oxygens (including phenoxy) is 1. The quantitative estimate of drug-likeness (QED) is 0.879. The van der Waals surface area contributed by atoms with E-state index in [4.69, 9.17) is 10.5 Å². The Kier molecular flexibility index (Phi) is 5.83. The number of carbonyl (C=O) groups excluding carboxylic acids is 1. The molecule has 0 aliphatic carbocycles. The first-order valence-electron chi connectivity index (χ1n) is 8.28. The van der Waals surface area contributed by atoms with Gasteiger partial charge in [0, 0.05) is 12.6 Å². The van der Waals surface area contributed by atoms with Crippen molar-refractivity contribution in [2.45, 2.75) is 45.6 Å². The number of carbonyl (C=O) groups is 1. The Morgan fingerprint density at radius 1 is 1.45 bits per heavy atom. The third kappa shape index (κ3) is 3.80. The van der Waals surface area contributed by atoms with E-state index in [1.54, 1.807) is 0 Å². The molecule has 3 unspecified atom stereocenters. The number of hydrogen-bond donors (Lipinski definition) is 1. The Labute approximate surface area is 133 Å². The van der Waals surface area contributed by atoms with E-state index in [0.29, 0.717) is 18.4 Å². The molecule has 22 heavy (non-hydrogen) atoms. The smallest absolute Gasteiger partial charge is 0.260 e. The minimum atomic E-state index is 0.0578. The van der Waals surface area contributed by atoms with Gasteiger partial charge in [-0.25, -0.2) is 0 Å². The summed E-state index contributed by atoms with van der Waals surface area (Å²) >= 11 is 0. The molecule has 0 aromatic heterocycles. The van der Waals surface area contributed by atoms with Crippen molar-refractivity contribution in [1.29, 1.82) is 0 Å². The molecule has 1 aliphatic heterocycles. The molecule has 1 heterocycles. The van der Waals surface area contributed by atoms with Gasteiger partial charge in [0.05, 0.1) is 0 Å². The summed E-state index contributed by atoms with van der Waals surface area (Å²) in [7, 11) is 0. The molecule has 2 rings (SSSR count). The lowest BCUT2D eigenvalue weighted by atomic mass is 9.98. The minimum absolute atomic E-state index is 0.0578. The van der Waals surface area contributed by atoms with Crippen molar-refractivity contribution < 1.29 is 9.53 Å². The van der Waals surface area contributed by atoms with Crippen LogP contribution in [0.1, 0.15) is 45.1 Å². The first-order valence-corrected chi connectivity index (χ1v) is 8.28. The largest absolute Gasteiger partial charge is 0.483 e. The van der Waals surface area contributed by atoms with Crippen molar-refractivity contribution in [3.63, 3.8) is 0 Å². The van der Waals surface area contributed by atoms with E-state index in [1.807, 2.05) is 23.1 Å². The summed E-state index contributed by atoms with van der Waals surface area (Å²) in [5.74, 6) is 1.74. The van der Waals surface area contributed by atoms with Crippen LogP contribution >= 0.6 is 0 Å². The highest BCUT2D eigenvalue weighted by atomic mass is 16.5. The van der Waals surface area contributed by atoms with Gasteiger partial charge in [-0.1, -0.05) is 32.0 Å². The molecule has 1 amide bonds. The van der Waals surface area contributed by atoms with Crippen molar-refractivity contribution >= 4 is 5.91 Å². The fraction of sp³-hybridized carbons (Fsp3) is 0.611. The van der Waals surface area contributed by atoms with Gasteiger partial charge in [-0.15, -0.1) is 0 Å². The van der Waals surface area contributed by atoms with Crippen LogP contribution in [0.5, 0.6) is 5.75 Å². The third-order valence-electron chi connectivity index (χ3n) is 4.73. The van der Waals surface area contributed by atoms with Gasteiger partial charge < -0.3 is 15.4 Å². The standard InChI is InChI=1S/C18H28N2O2/c1-4-13(2)16-7-5-6-8-17(16)22-12-18(21)20-11-15(10-19)9-14(20)3/h5-8,13-15H,4,9-12,19H2,1-3H3. The zero-order valence-corrected chi connectivity index (χ0v) is 13.9. The maximum Gasteiger partial charge on any atom is 0.260 e. The number of hydrogen-bond acceptors (Lipinski definition) is 3. The van der Waals surface area contributed by atoms with Gasteiger partial charge in [-0.3, -0.25) is 4.79 Å². The van der Waals surface area contributed by atoms with Gasteiger partial charge in [-0.2, -0.15) is 0 Å². The summed E-state index contributed by atoms with van der Waals surface area (Å²) in [6, 6.07) is 8.26. The SMILES string of the molecule is CCC(C)c1ccccc1OCC(=O)N1CC(CN)CC1C. The fourth-order valence-electron chi connectivity index (χ4n) is 3.12. The monoisotopic (exact) mass is 304 g/mol. The molecule has 122 valence electrons. The Morgan fingerprint density at radius 3 is 2.82 bits per heavy atom. The first-order chi connectivity index (χ1) is 10.6. The highest BCUT2D eigenvalue weighted by Gasteiger charge is 2.31. The number of amides is 1. The molecule has 1 aliphatic rings. The molecular weight excluding hydrogens is 276 g/mol. The predicted octanol–water partition coefficient (Wildman–Crippen LogP) is 2.77. The van der Waals surface area contributed by atoms with Gasteiger partial charge in [-0.05, 0) is 49.8 Å². The molecule has 1 aromatic rings. The number of benzene rings is 1. The van der Waals surface area contributed by atoms with Crippen LogP contribution in [0.4, 0.5) is 0 Å². The van der Waals surface area contributed by atoms with Crippen LogP contribution in [-0.4, -0.2) is 36.5 Å². The maximum absolute atomic E-state index is 12.4. The molecule has 1 fully saturated rings. The van der Waals surface area contributed by atoms with Crippen LogP contribution in [0.2, 0.25) is 0 Å².